The molecule has 106 valence electrons. The Morgan fingerprint density at radius 1 is 1.37 bits per heavy atom. The van der Waals surface area contributed by atoms with Crippen molar-refractivity contribution in [3.63, 3.8) is 0 Å². The van der Waals surface area contributed by atoms with E-state index >= 15 is 0 Å². The number of rotatable bonds is 6. The van der Waals surface area contributed by atoms with Crippen LogP contribution in [-0.4, -0.2) is 46.5 Å². The number of nitrogens with one attached hydrogen (secondary N) is 1. The molecular formula is C11H16N2O5S. The third-order valence-electron chi connectivity index (χ3n) is 2.15. The lowest BCUT2D eigenvalue weighted by atomic mass is 10.3. The van der Waals surface area contributed by atoms with Crippen LogP contribution >= 0.6 is 0 Å². The first-order valence-corrected chi connectivity index (χ1v) is 6.79. The van der Waals surface area contributed by atoms with Crippen LogP contribution in [0.3, 0.4) is 0 Å². The normalized spacial score (nSPS) is 11.2. The lowest BCUT2D eigenvalue weighted by Gasteiger charge is -2.14. The number of hydrogen-bond donors (Lipinski definition) is 1. The molecule has 1 N–H and O–H groups in total. The van der Waals surface area contributed by atoms with Crippen LogP contribution in [0, 0.1) is 0 Å². The molecule has 8 heteroatoms. The number of carbonyl (C=O) groups is 1. The summed E-state index contributed by atoms with van der Waals surface area (Å²) in [5.74, 6) is -0.149. The van der Waals surface area contributed by atoms with Crippen LogP contribution < -0.4 is 9.46 Å². The summed E-state index contributed by atoms with van der Waals surface area (Å²) in [6.45, 7) is -0.236. The Morgan fingerprint density at radius 2 is 2.05 bits per heavy atom. The summed E-state index contributed by atoms with van der Waals surface area (Å²) >= 11 is 0. The topological polar surface area (TPSA) is 84.9 Å². The van der Waals surface area contributed by atoms with E-state index in [-0.39, 0.29) is 6.61 Å². The molecule has 0 saturated heterocycles. The molecule has 0 amide bonds. The lowest BCUT2D eigenvalue weighted by molar-refractivity contribution is -0.142. The molecule has 1 aromatic rings. The minimum atomic E-state index is -3.57. The average molecular weight is 288 g/mol. The van der Waals surface area contributed by atoms with Gasteiger partial charge in [0.15, 0.2) is 6.61 Å². The van der Waals surface area contributed by atoms with Crippen molar-refractivity contribution >= 4 is 21.9 Å². The Balaban J connectivity index is 2.75. The van der Waals surface area contributed by atoms with Crippen LogP contribution in [0.15, 0.2) is 24.3 Å². The van der Waals surface area contributed by atoms with Gasteiger partial charge in [-0.15, -0.1) is 0 Å². The van der Waals surface area contributed by atoms with E-state index in [0.29, 0.717) is 11.4 Å². The molecule has 0 aliphatic heterocycles. The van der Waals surface area contributed by atoms with Gasteiger partial charge in [0.1, 0.15) is 5.75 Å². The van der Waals surface area contributed by atoms with E-state index in [9.17, 15) is 13.2 Å². The molecule has 1 rings (SSSR count). The first-order chi connectivity index (χ1) is 8.85. The quantitative estimate of drug-likeness (QED) is 0.769. The van der Waals surface area contributed by atoms with Crippen LogP contribution in [0.25, 0.3) is 0 Å². The molecule has 19 heavy (non-hydrogen) atoms. The molecule has 0 spiro atoms. The van der Waals surface area contributed by atoms with Crippen molar-refractivity contribution in [1.29, 1.82) is 0 Å². The van der Waals surface area contributed by atoms with Crippen LogP contribution in [0.4, 0.5) is 5.69 Å². The summed E-state index contributed by atoms with van der Waals surface area (Å²) in [6.07, 6.45) is 0. The van der Waals surface area contributed by atoms with E-state index in [2.05, 4.69) is 9.46 Å². The van der Waals surface area contributed by atoms with E-state index in [1.54, 1.807) is 18.2 Å². The molecule has 0 saturated carbocycles. The maximum absolute atomic E-state index is 11.6. The van der Waals surface area contributed by atoms with Gasteiger partial charge in [0, 0.05) is 20.2 Å². The van der Waals surface area contributed by atoms with Gasteiger partial charge in [-0.05, 0) is 12.1 Å². The predicted octanol–water partition coefficient (Wildman–Crippen LogP) is 0.457. The van der Waals surface area contributed by atoms with E-state index in [0.717, 1.165) is 4.31 Å². The fourth-order valence-corrected chi connectivity index (χ4v) is 1.70. The van der Waals surface area contributed by atoms with E-state index in [1.807, 2.05) is 0 Å². The molecule has 0 heterocycles. The zero-order chi connectivity index (χ0) is 14.5. The Labute approximate surface area is 112 Å². The number of esters is 1. The Kier molecular flexibility index (Phi) is 5.13. The zero-order valence-corrected chi connectivity index (χ0v) is 11.7. The highest BCUT2D eigenvalue weighted by Crippen LogP contribution is 2.18. The fraction of sp³-hybridized carbons (Fsp3) is 0.364. The van der Waals surface area contributed by atoms with Crippen LogP contribution in [0.1, 0.15) is 0 Å². The number of benzene rings is 1. The minimum absolute atomic E-state index is 0.236. The van der Waals surface area contributed by atoms with E-state index in [4.69, 9.17) is 4.74 Å². The predicted molar refractivity (Wildman–Crippen MR) is 70.2 cm³/mol. The van der Waals surface area contributed by atoms with Gasteiger partial charge in [0.05, 0.1) is 12.8 Å². The van der Waals surface area contributed by atoms with Crippen molar-refractivity contribution in [1.82, 2.24) is 4.31 Å². The third-order valence-corrected chi connectivity index (χ3v) is 3.60. The summed E-state index contributed by atoms with van der Waals surface area (Å²) in [7, 11) is 0.523. The molecule has 0 aliphatic rings. The van der Waals surface area contributed by atoms with Gasteiger partial charge in [-0.25, -0.2) is 4.79 Å². The van der Waals surface area contributed by atoms with Crippen molar-refractivity contribution < 1.29 is 22.7 Å². The number of ether oxygens (including phenoxy) is 2. The summed E-state index contributed by atoms with van der Waals surface area (Å²) < 4.78 is 36.2. The standard InChI is InChI=1S/C11H16N2O5S/c1-13(2)19(15,16)12-9-5-4-6-10(7-9)18-8-11(14)17-3/h4-7,12H,8H2,1-3H3. The van der Waals surface area contributed by atoms with Gasteiger partial charge >= 0.3 is 16.2 Å². The van der Waals surface area contributed by atoms with Gasteiger partial charge in [-0.2, -0.15) is 12.7 Å². The second-order valence-electron chi connectivity index (χ2n) is 3.78. The van der Waals surface area contributed by atoms with Crippen molar-refractivity contribution in [3.05, 3.63) is 24.3 Å². The lowest BCUT2D eigenvalue weighted by Crippen LogP contribution is -2.28. The zero-order valence-electron chi connectivity index (χ0n) is 10.9. The van der Waals surface area contributed by atoms with Crippen molar-refractivity contribution in [2.24, 2.45) is 0 Å². The number of hydrogen-bond acceptors (Lipinski definition) is 5. The van der Waals surface area contributed by atoms with Crippen LogP contribution in [-0.2, 0) is 19.7 Å². The van der Waals surface area contributed by atoms with Crippen LogP contribution in [0.2, 0.25) is 0 Å². The van der Waals surface area contributed by atoms with Crippen molar-refractivity contribution in [2.75, 3.05) is 32.5 Å². The van der Waals surface area contributed by atoms with Gasteiger partial charge in [-0.1, -0.05) is 6.07 Å². The van der Waals surface area contributed by atoms with Gasteiger partial charge in [0.25, 0.3) is 0 Å². The maximum Gasteiger partial charge on any atom is 0.343 e. The third kappa shape index (κ3) is 4.76. The van der Waals surface area contributed by atoms with Gasteiger partial charge in [-0.3, -0.25) is 4.72 Å². The highest BCUT2D eigenvalue weighted by Gasteiger charge is 2.13. The second kappa shape index (κ2) is 6.39. The Morgan fingerprint density at radius 3 is 2.63 bits per heavy atom. The van der Waals surface area contributed by atoms with E-state index < -0.39 is 16.2 Å². The molecule has 0 atom stereocenters. The molecule has 0 fully saturated rings. The SMILES string of the molecule is COC(=O)COc1cccc(NS(=O)(=O)N(C)C)c1. The Bertz CT molecular complexity index is 542. The molecule has 7 nitrogen and oxygen atoms in total. The van der Waals surface area contributed by atoms with Gasteiger partial charge < -0.3 is 9.47 Å². The molecule has 1 aromatic carbocycles. The van der Waals surface area contributed by atoms with Crippen molar-refractivity contribution in [2.45, 2.75) is 0 Å². The van der Waals surface area contributed by atoms with Crippen LogP contribution in [0.5, 0.6) is 5.75 Å². The number of nitrogens with zero attached hydrogens (tertiary/aromatic N) is 1. The average Bonchev–Trinajstić information content (AvgIpc) is 2.35. The second-order valence-corrected chi connectivity index (χ2v) is 5.67. The van der Waals surface area contributed by atoms with Crippen molar-refractivity contribution in [3.8, 4) is 5.75 Å². The molecule has 0 unspecified atom stereocenters. The fourth-order valence-electron chi connectivity index (χ4n) is 1.09. The minimum Gasteiger partial charge on any atom is -0.482 e. The Hall–Kier alpha value is -1.80. The number of carbonyl (C=O) groups excluding carboxylic acids is 1. The number of methoxy groups -OCH3 is 1. The van der Waals surface area contributed by atoms with E-state index in [1.165, 1.54) is 27.3 Å². The molecule has 0 aliphatic carbocycles. The highest BCUT2D eigenvalue weighted by atomic mass is 32.2. The first kappa shape index (κ1) is 15.3. The molecule has 0 bridgehead atoms. The molecular weight excluding hydrogens is 272 g/mol. The largest absolute Gasteiger partial charge is 0.482 e. The maximum atomic E-state index is 11.6. The highest BCUT2D eigenvalue weighted by molar-refractivity contribution is 7.90. The van der Waals surface area contributed by atoms with Gasteiger partial charge in [0.2, 0.25) is 0 Å². The molecule has 0 radical (unpaired) electrons. The number of anilines is 1. The first-order valence-electron chi connectivity index (χ1n) is 5.35. The summed E-state index contributed by atoms with van der Waals surface area (Å²) in [6, 6.07) is 6.27. The summed E-state index contributed by atoms with van der Waals surface area (Å²) in [5.41, 5.74) is 0.344. The summed E-state index contributed by atoms with van der Waals surface area (Å²) in [4.78, 5) is 10.9. The smallest absolute Gasteiger partial charge is 0.343 e. The molecule has 0 aromatic heterocycles. The summed E-state index contributed by atoms with van der Waals surface area (Å²) in [5, 5.41) is 0. The monoisotopic (exact) mass is 288 g/mol.